The Labute approximate surface area is 154 Å². The molecule has 0 aliphatic rings. The standard InChI is InChI=1S/C15H16N6O5S/c1-21-9-10(7-16-21)14-19-13(26-20-14)8-17-27(23,24)12-5-3-11(4-6-12)18-15(22)25-2/h3-7,9,17H,8H2,1-2H3,(H,18,22). The van der Waals surface area contributed by atoms with E-state index in [4.69, 9.17) is 4.52 Å². The van der Waals surface area contributed by atoms with Crippen molar-refractivity contribution in [2.45, 2.75) is 11.4 Å². The van der Waals surface area contributed by atoms with Crippen LogP contribution in [0.25, 0.3) is 11.4 Å². The largest absolute Gasteiger partial charge is 0.453 e. The molecule has 2 N–H and O–H groups in total. The monoisotopic (exact) mass is 392 g/mol. The van der Waals surface area contributed by atoms with E-state index in [-0.39, 0.29) is 17.3 Å². The fourth-order valence-corrected chi connectivity index (χ4v) is 3.08. The second-order valence-electron chi connectivity index (χ2n) is 5.38. The van der Waals surface area contributed by atoms with Gasteiger partial charge in [0.25, 0.3) is 0 Å². The second kappa shape index (κ2) is 7.55. The molecule has 0 saturated carbocycles. The van der Waals surface area contributed by atoms with Crippen LogP contribution in [-0.2, 0) is 28.4 Å². The summed E-state index contributed by atoms with van der Waals surface area (Å²) in [5.74, 6) is 0.428. The number of hydrogen-bond acceptors (Lipinski definition) is 8. The number of ether oxygens (including phenoxy) is 1. The number of rotatable bonds is 6. The first kappa shape index (κ1) is 18.5. The molecule has 142 valence electrons. The Morgan fingerprint density at radius 2 is 2.04 bits per heavy atom. The summed E-state index contributed by atoms with van der Waals surface area (Å²) in [4.78, 5) is 15.3. The minimum absolute atomic E-state index is 0.0184. The number of nitrogens with one attached hydrogen (secondary N) is 2. The van der Waals surface area contributed by atoms with Crippen molar-refractivity contribution in [2.75, 3.05) is 12.4 Å². The fourth-order valence-electron chi connectivity index (χ4n) is 2.11. The number of amides is 1. The van der Waals surface area contributed by atoms with Crippen LogP contribution in [0.3, 0.4) is 0 Å². The zero-order valence-corrected chi connectivity index (χ0v) is 15.2. The lowest BCUT2D eigenvalue weighted by Crippen LogP contribution is -2.23. The third-order valence-corrected chi connectivity index (χ3v) is 4.86. The van der Waals surface area contributed by atoms with Gasteiger partial charge < -0.3 is 9.26 Å². The average molecular weight is 392 g/mol. The lowest BCUT2D eigenvalue weighted by Gasteiger charge is -2.07. The van der Waals surface area contributed by atoms with Crippen molar-refractivity contribution >= 4 is 21.8 Å². The van der Waals surface area contributed by atoms with E-state index in [1.54, 1.807) is 24.1 Å². The van der Waals surface area contributed by atoms with Crippen LogP contribution in [0.1, 0.15) is 5.89 Å². The predicted molar refractivity (Wildman–Crippen MR) is 93.0 cm³/mol. The highest BCUT2D eigenvalue weighted by Crippen LogP contribution is 2.16. The highest BCUT2D eigenvalue weighted by molar-refractivity contribution is 7.89. The van der Waals surface area contributed by atoms with Crippen LogP contribution in [0.2, 0.25) is 0 Å². The van der Waals surface area contributed by atoms with Crippen LogP contribution >= 0.6 is 0 Å². The number of nitrogens with zero attached hydrogens (tertiary/aromatic N) is 4. The number of benzene rings is 1. The molecular weight excluding hydrogens is 376 g/mol. The van der Waals surface area contributed by atoms with Gasteiger partial charge >= 0.3 is 6.09 Å². The molecule has 0 unspecified atom stereocenters. The fraction of sp³-hybridized carbons (Fsp3) is 0.200. The van der Waals surface area contributed by atoms with Gasteiger partial charge in [-0.1, -0.05) is 5.16 Å². The number of hydrogen-bond donors (Lipinski definition) is 2. The molecule has 0 atom stereocenters. The SMILES string of the molecule is COC(=O)Nc1ccc(S(=O)(=O)NCc2nc(-c3cnn(C)c3)no2)cc1. The topological polar surface area (TPSA) is 141 Å². The van der Waals surface area contributed by atoms with Crippen molar-refractivity contribution < 1.29 is 22.5 Å². The number of aryl methyl sites for hydroxylation is 1. The zero-order chi connectivity index (χ0) is 19.4. The minimum Gasteiger partial charge on any atom is -0.453 e. The van der Waals surface area contributed by atoms with Gasteiger partial charge in [-0.05, 0) is 24.3 Å². The van der Waals surface area contributed by atoms with E-state index >= 15 is 0 Å². The van der Waals surface area contributed by atoms with E-state index in [2.05, 4.69) is 30.0 Å². The molecule has 0 radical (unpaired) electrons. The summed E-state index contributed by atoms with van der Waals surface area (Å²) in [6, 6.07) is 5.59. The smallest absolute Gasteiger partial charge is 0.411 e. The zero-order valence-electron chi connectivity index (χ0n) is 14.4. The van der Waals surface area contributed by atoms with Crippen LogP contribution in [0.4, 0.5) is 10.5 Å². The summed E-state index contributed by atoms with van der Waals surface area (Å²) in [5.41, 5.74) is 1.06. The van der Waals surface area contributed by atoms with Crippen LogP contribution in [0, 0.1) is 0 Å². The van der Waals surface area contributed by atoms with Crippen molar-refractivity contribution in [3.8, 4) is 11.4 Å². The summed E-state index contributed by atoms with van der Waals surface area (Å²) in [6.07, 6.45) is 2.63. The Morgan fingerprint density at radius 1 is 1.30 bits per heavy atom. The Morgan fingerprint density at radius 3 is 2.67 bits per heavy atom. The molecule has 3 rings (SSSR count). The summed E-state index contributed by atoms with van der Waals surface area (Å²) >= 11 is 0. The molecule has 2 aromatic heterocycles. The highest BCUT2D eigenvalue weighted by atomic mass is 32.2. The van der Waals surface area contributed by atoms with Gasteiger partial charge in [0.05, 0.1) is 30.3 Å². The van der Waals surface area contributed by atoms with Crippen LogP contribution in [0.15, 0.2) is 46.1 Å². The van der Waals surface area contributed by atoms with Gasteiger partial charge in [-0.3, -0.25) is 10.00 Å². The first-order valence-electron chi connectivity index (χ1n) is 7.64. The average Bonchev–Trinajstić information content (AvgIpc) is 3.29. The third-order valence-electron chi connectivity index (χ3n) is 3.44. The molecule has 0 bridgehead atoms. The number of aromatic nitrogens is 4. The first-order valence-corrected chi connectivity index (χ1v) is 9.12. The van der Waals surface area contributed by atoms with Gasteiger partial charge in [0.2, 0.25) is 21.7 Å². The Bertz CT molecular complexity index is 1040. The van der Waals surface area contributed by atoms with Crippen molar-refractivity contribution in [2.24, 2.45) is 7.05 Å². The van der Waals surface area contributed by atoms with E-state index in [9.17, 15) is 13.2 Å². The molecule has 27 heavy (non-hydrogen) atoms. The van der Waals surface area contributed by atoms with Crippen LogP contribution in [-0.4, -0.2) is 41.5 Å². The van der Waals surface area contributed by atoms with Crippen molar-refractivity contribution in [1.82, 2.24) is 24.6 Å². The molecule has 1 amide bonds. The van der Waals surface area contributed by atoms with Crippen molar-refractivity contribution in [3.05, 3.63) is 42.5 Å². The van der Waals surface area contributed by atoms with Gasteiger partial charge in [-0.15, -0.1) is 0 Å². The maximum Gasteiger partial charge on any atom is 0.411 e. The van der Waals surface area contributed by atoms with E-state index in [0.29, 0.717) is 17.1 Å². The molecule has 12 heteroatoms. The van der Waals surface area contributed by atoms with Crippen molar-refractivity contribution in [3.63, 3.8) is 0 Å². The molecule has 0 aliphatic carbocycles. The summed E-state index contributed by atoms with van der Waals surface area (Å²) in [5, 5.41) is 10.2. The molecule has 0 aliphatic heterocycles. The van der Waals surface area contributed by atoms with Gasteiger partial charge in [-0.2, -0.15) is 10.1 Å². The summed E-state index contributed by atoms with van der Waals surface area (Å²) < 4.78 is 38.2. The second-order valence-corrected chi connectivity index (χ2v) is 7.15. The van der Waals surface area contributed by atoms with Gasteiger partial charge in [0, 0.05) is 18.9 Å². The molecule has 2 heterocycles. The molecule has 1 aromatic carbocycles. The lowest BCUT2D eigenvalue weighted by molar-refractivity contribution is 0.187. The van der Waals surface area contributed by atoms with Gasteiger partial charge in [-0.25, -0.2) is 17.9 Å². The molecule has 0 spiro atoms. The first-order chi connectivity index (χ1) is 12.9. The number of sulfonamides is 1. The van der Waals surface area contributed by atoms with Crippen LogP contribution in [0.5, 0.6) is 0 Å². The molecular formula is C15H16N6O5S. The highest BCUT2D eigenvalue weighted by Gasteiger charge is 2.17. The Balaban J connectivity index is 1.65. The van der Waals surface area contributed by atoms with E-state index in [1.165, 1.54) is 31.4 Å². The number of carbonyl (C=O) groups excluding carboxylic acids is 1. The maximum absolute atomic E-state index is 12.3. The molecule has 11 nitrogen and oxygen atoms in total. The quantitative estimate of drug-likeness (QED) is 0.636. The van der Waals surface area contributed by atoms with E-state index < -0.39 is 16.1 Å². The Hall–Kier alpha value is -3.25. The number of carbonyl (C=O) groups is 1. The summed E-state index contributed by atoms with van der Waals surface area (Å²) in [7, 11) is -0.813. The van der Waals surface area contributed by atoms with E-state index in [1.807, 2.05) is 0 Å². The van der Waals surface area contributed by atoms with Gasteiger partial charge in [0.1, 0.15) is 0 Å². The third kappa shape index (κ3) is 4.48. The molecule has 3 aromatic rings. The number of methoxy groups -OCH3 is 1. The van der Waals surface area contributed by atoms with Gasteiger partial charge in [0.15, 0.2) is 0 Å². The normalized spacial score (nSPS) is 11.3. The lowest BCUT2D eigenvalue weighted by atomic mass is 10.3. The number of anilines is 1. The van der Waals surface area contributed by atoms with E-state index in [0.717, 1.165) is 0 Å². The Kier molecular flexibility index (Phi) is 5.19. The predicted octanol–water partition coefficient (Wildman–Crippen LogP) is 1.13. The van der Waals surface area contributed by atoms with Crippen LogP contribution < -0.4 is 10.0 Å². The van der Waals surface area contributed by atoms with Crippen molar-refractivity contribution in [1.29, 1.82) is 0 Å². The minimum atomic E-state index is -3.80. The summed E-state index contributed by atoms with van der Waals surface area (Å²) in [6.45, 7) is -0.169. The molecule has 0 saturated heterocycles. The molecule has 0 fully saturated rings. The maximum atomic E-state index is 12.3.